The second-order valence-electron chi connectivity index (χ2n) is 6.28. The van der Waals surface area contributed by atoms with E-state index in [1.807, 2.05) is 0 Å². The molecule has 0 radical (unpaired) electrons. The highest BCUT2D eigenvalue weighted by Gasteiger charge is 2.37. The van der Waals surface area contributed by atoms with Crippen LogP contribution in [0.3, 0.4) is 0 Å². The molecule has 126 valence electrons. The van der Waals surface area contributed by atoms with Crippen LogP contribution in [0.25, 0.3) is 11.0 Å². The Morgan fingerprint density at radius 2 is 1.91 bits per heavy atom. The van der Waals surface area contributed by atoms with Gasteiger partial charge in [0.15, 0.2) is 0 Å². The van der Waals surface area contributed by atoms with Crippen LogP contribution in [0.5, 0.6) is 0 Å². The molecule has 7 heteroatoms. The van der Waals surface area contributed by atoms with Crippen molar-refractivity contribution < 1.29 is 13.2 Å². The average molecular weight is 326 g/mol. The number of halogens is 3. The highest BCUT2D eigenvalue weighted by Crippen LogP contribution is 2.35. The van der Waals surface area contributed by atoms with Gasteiger partial charge >= 0.3 is 6.18 Å². The van der Waals surface area contributed by atoms with E-state index in [1.165, 1.54) is 6.20 Å². The molecule has 0 aromatic carbocycles. The van der Waals surface area contributed by atoms with E-state index < -0.39 is 11.9 Å². The molecule has 0 bridgehead atoms. The van der Waals surface area contributed by atoms with Gasteiger partial charge in [0.05, 0.1) is 0 Å². The Morgan fingerprint density at radius 1 is 1.22 bits per heavy atom. The van der Waals surface area contributed by atoms with Crippen LogP contribution in [0.2, 0.25) is 0 Å². The predicted molar refractivity (Wildman–Crippen MR) is 83.1 cm³/mol. The van der Waals surface area contributed by atoms with Crippen molar-refractivity contribution in [2.24, 2.45) is 0 Å². The zero-order valence-corrected chi connectivity index (χ0v) is 13.3. The van der Waals surface area contributed by atoms with Crippen LogP contribution in [-0.4, -0.2) is 52.0 Å². The van der Waals surface area contributed by atoms with Gasteiger partial charge in [0.25, 0.3) is 0 Å². The molecule has 4 nitrogen and oxygen atoms in total. The maximum atomic E-state index is 13.3. The Labute approximate surface area is 133 Å². The van der Waals surface area contributed by atoms with E-state index in [0.717, 1.165) is 26.2 Å². The number of piperazine rings is 1. The number of nitrogens with zero attached hydrogens (tertiary/aromatic N) is 3. The third-order valence-corrected chi connectivity index (χ3v) is 4.48. The van der Waals surface area contributed by atoms with Crippen LogP contribution < -0.4 is 0 Å². The van der Waals surface area contributed by atoms with Gasteiger partial charge in [-0.2, -0.15) is 13.2 Å². The van der Waals surface area contributed by atoms with Crippen LogP contribution in [0, 0.1) is 0 Å². The van der Waals surface area contributed by atoms with E-state index in [2.05, 4.69) is 33.6 Å². The van der Waals surface area contributed by atoms with Gasteiger partial charge < -0.3 is 4.98 Å². The van der Waals surface area contributed by atoms with Crippen LogP contribution >= 0.6 is 0 Å². The topological polar surface area (TPSA) is 35.2 Å². The molecule has 0 aliphatic carbocycles. The number of H-pyrrole nitrogens is 1. The molecule has 0 saturated carbocycles. The van der Waals surface area contributed by atoms with Crippen LogP contribution in [0.15, 0.2) is 18.3 Å². The lowest BCUT2D eigenvalue weighted by Gasteiger charge is -2.37. The Hall–Kier alpha value is -1.60. The van der Waals surface area contributed by atoms with Crippen molar-refractivity contribution >= 4 is 11.0 Å². The summed E-state index contributed by atoms with van der Waals surface area (Å²) in [6, 6.07) is 3.85. The van der Waals surface area contributed by atoms with E-state index in [0.29, 0.717) is 29.2 Å². The normalized spacial score (nSPS) is 18.2. The summed E-state index contributed by atoms with van der Waals surface area (Å²) >= 11 is 0. The van der Waals surface area contributed by atoms with Gasteiger partial charge in [-0.15, -0.1) is 0 Å². The molecule has 1 saturated heterocycles. The molecule has 0 spiro atoms. The first-order valence-corrected chi connectivity index (χ1v) is 7.85. The van der Waals surface area contributed by atoms with Gasteiger partial charge in [0, 0.05) is 55.9 Å². The summed E-state index contributed by atoms with van der Waals surface area (Å²) in [5, 5.41) is 0.561. The van der Waals surface area contributed by atoms with Gasteiger partial charge in [0.1, 0.15) is 11.3 Å². The second-order valence-corrected chi connectivity index (χ2v) is 6.28. The second kappa shape index (κ2) is 6.13. The molecular weight excluding hydrogens is 305 g/mol. The van der Waals surface area contributed by atoms with Crippen LogP contribution in [0.4, 0.5) is 13.2 Å². The van der Waals surface area contributed by atoms with Gasteiger partial charge in [-0.05, 0) is 26.0 Å². The van der Waals surface area contributed by atoms with E-state index in [-0.39, 0.29) is 0 Å². The summed E-state index contributed by atoms with van der Waals surface area (Å²) < 4.78 is 40.0. The lowest BCUT2D eigenvalue weighted by atomic mass is 10.1. The van der Waals surface area contributed by atoms with E-state index >= 15 is 0 Å². The van der Waals surface area contributed by atoms with Crippen LogP contribution in [-0.2, 0) is 12.7 Å². The van der Waals surface area contributed by atoms with Crippen LogP contribution in [0.1, 0.15) is 25.1 Å². The fraction of sp³-hybridized carbons (Fsp3) is 0.562. The summed E-state index contributed by atoms with van der Waals surface area (Å²) in [4.78, 5) is 10.9. The summed E-state index contributed by atoms with van der Waals surface area (Å²) in [5.41, 5.74) is -0.0632. The smallest absolute Gasteiger partial charge is 0.335 e. The van der Waals surface area contributed by atoms with Gasteiger partial charge in [-0.1, -0.05) is 0 Å². The first kappa shape index (κ1) is 16.3. The molecule has 1 fully saturated rings. The Kier molecular flexibility index (Phi) is 4.33. The van der Waals surface area contributed by atoms with Crippen molar-refractivity contribution in [3.8, 4) is 0 Å². The molecule has 1 aliphatic rings. The Bertz CT molecular complexity index is 670. The minimum absolute atomic E-state index is 0.298. The number of hydrogen-bond donors (Lipinski definition) is 1. The van der Waals surface area contributed by atoms with Crippen molar-refractivity contribution in [2.45, 2.75) is 32.6 Å². The first-order valence-electron chi connectivity index (χ1n) is 7.85. The highest BCUT2D eigenvalue weighted by atomic mass is 19.4. The first-order chi connectivity index (χ1) is 10.9. The fourth-order valence-corrected chi connectivity index (χ4v) is 3.14. The van der Waals surface area contributed by atoms with Gasteiger partial charge in [0.2, 0.25) is 0 Å². The number of aromatic amines is 1. The van der Waals surface area contributed by atoms with E-state index in [4.69, 9.17) is 0 Å². The highest BCUT2D eigenvalue weighted by molar-refractivity contribution is 5.81. The maximum Gasteiger partial charge on any atom is 0.431 e. The summed E-state index contributed by atoms with van der Waals surface area (Å²) in [6.07, 6.45) is -2.89. The largest absolute Gasteiger partial charge is 0.431 e. The predicted octanol–water partition coefficient (Wildman–Crippen LogP) is 3.11. The number of nitrogens with one attached hydrogen (secondary N) is 1. The summed E-state index contributed by atoms with van der Waals surface area (Å²) in [6.45, 7) is 7.92. The molecule has 0 atom stereocenters. The van der Waals surface area contributed by atoms with Crippen molar-refractivity contribution in [3.63, 3.8) is 0 Å². The third-order valence-electron chi connectivity index (χ3n) is 4.48. The SMILES string of the molecule is CC(C)N1CCN(Cc2c(C(F)(F)F)[nH]c3ncccc23)CC1. The molecular formula is C16H21F3N4. The van der Waals surface area contributed by atoms with Crippen molar-refractivity contribution in [1.82, 2.24) is 19.8 Å². The zero-order chi connectivity index (χ0) is 16.6. The van der Waals surface area contributed by atoms with Crippen molar-refractivity contribution in [1.29, 1.82) is 0 Å². The van der Waals surface area contributed by atoms with Gasteiger partial charge in [-0.25, -0.2) is 4.98 Å². The number of rotatable bonds is 3. The molecule has 1 aliphatic heterocycles. The zero-order valence-electron chi connectivity index (χ0n) is 13.3. The molecule has 2 aromatic heterocycles. The summed E-state index contributed by atoms with van der Waals surface area (Å²) in [5.74, 6) is 0. The molecule has 2 aromatic rings. The fourth-order valence-electron chi connectivity index (χ4n) is 3.14. The number of hydrogen-bond acceptors (Lipinski definition) is 3. The Balaban J connectivity index is 1.85. The monoisotopic (exact) mass is 326 g/mol. The molecule has 23 heavy (non-hydrogen) atoms. The minimum atomic E-state index is -4.39. The third kappa shape index (κ3) is 3.35. The lowest BCUT2D eigenvalue weighted by molar-refractivity contribution is -0.141. The molecule has 1 N–H and O–H groups in total. The van der Waals surface area contributed by atoms with Crippen molar-refractivity contribution in [3.05, 3.63) is 29.6 Å². The molecule has 0 unspecified atom stereocenters. The lowest BCUT2D eigenvalue weighted by Crippen LogP contribution is -2.48. The van der Waals surface area contributed by atoms with Crippen molar-refractivity contribution in [2.75, 3.05) is 26.2 Å². The number of aromatic nitrogens is 2. The van der Waals surface area contributed by atoms with E-state index in [9.17, 15) is 13.2 Å². The number of alkyl halides is 3. The maximum absolute atomic E-state index is 13.3. The quantitative estimate of drug-likeness (QED) is 0.941. The summed E-state index contributed by atoms with van der Waals surface area (Å²) in [7, 11) is 0. The molecule has 3 rings (SSSR count). The van der Waals surface area contributed by atoms with Gasteiger partial charge in [-0.3, -0.25) is 9.80 Å². The standard InChI is InChI=1S/C16H21F3N4/c1-11(2)23-8-6-22(7-9-23)10-13-12-4-3-5-20-15(12)21-14(13)16(17,18)19/h3-5,11H,6-10H2,1-2H3,(H,20,21). The number of pyridine rings is 1. The number of fused-ring (bicyclic) bond motifs is 1. The minimum Gasteiger partial charge on any atom is -0.335 e. The Morgan fingerprint density at radius 3 is 2.52 bits per heavy atom. The van der Waals surface area contributed by atoms with E-state index in [1.54, 1.807) is 12.1 Å². The average Bonchev–Trinajstić information content (AvgIpc) is 2.87. The molecule has 3 heterocycles. The molecule has 0 amide bonds.